The van der Waals surface area contributed by atoms with Crippen LogP contribution in [0.15, 0.2) is 73.1 Å². The lowest BCUT2D eigenvalue weighted by molar-refractivity contribution is -0.384. The maximum Gasteiger partial charge on any atom is 0.307 e. The van der Waals surface area contributed by atoms with E-state index in [2.05, 4.69) is 91.5 Å². The van der Waals surface area contributed by atoms with E-state index < -0.39 is 4.92 Å². The Kier molecular flexibility index (Phi) is 11.6. The van der Waals surface area contributed by atoms with Gasteiger partial charge >= 0.3 is 5.69 Å². The van der Waals surface area contributed by atoms with Crippen molar-refractivity contribution in [2.45, 2.75) is 115 Å². The van der Waals surface area contributed by atoms with Gasteiger partial charge < -0.3 is 35.1 Å². The largest absolute Gasteiger partial charge is 0.508 e. The first-order valence-corrected chi connectivity index (χ1v) is 19.2. The molecule has 3 aromatic heterocycles. The van der Waals surface area contributed by atoms with Crippen molar-refractivity contribution in [2.75, 3.05) is 7.11 Å². The fourth-order valence-corrected chi connectivity index (χ4v) is 8.34. The second-order valence-electron chi connectivity index (χ2n) is 17.6. The summed E-state index contributed by atoms with van der Waals surface area (Å²) in [6, 6.07) is 16.9. The van der Waals surface area contributed by atoms with E-state index in [0.29, 0.717) is 40.1 Å². The summed E-state index contributed by atoms with van der Waals surface area (Å²) in [6.45, 7) is 17.4. The number of ether oxygens (including phenoxy) is 3. The number of nitro groups is 1. The molecule has 0 spiro atoms. The maximum atomic E-state index is 10.9. The molecule has 16 nitrogen and oxygen atoms in total. The van der Waals surface area contributed by atoms with Crippen LogP contribution in [0.5, 0.6) is 29.0 Å². The van der Waals surface area contributed by atoms with Crippen molar-refractivity contribution >= 4 is 5.69 Å². The third-order valence-electron chi connectivity index (χ3n) is 9.92. The van der Waals surface area contributed by atoms with Crippen LogP contribution in [0, 0.1) is 10.1 Å². The van der Waals surface area contributed by atoms with Crippen molar-refractivity contribution in [2.24, 2.45) is 0 Å². The fourth-order valence-electron chi connectivity index (χ4n) is 8.34. The number of aromatic hydroxyl groups is 2. The number of hydrogen-bond donors (Lipinski definition) is 4. The first-order valence-electron chi connectivity index (χ1n) is 19.2. The quantitative estimate of drug-likeness (QED) is 0.0862. The molecule has 58 heavy (non-hydrogen) atoms. The van der Waals surface area contributed by atoms with Gasteiger partial charge in [0.2, 0.25) is 11.8 Å². The molecule has 0 atom stereocenters. The van der Waals surface area contributed by atoms with Crippen LogP contribution in [0.1, 0.15) is 81.1 Å². The van der Waals surface area contributed by atoms with E-state index in [9.17, 15) is 20.3 Å². The predicted molar refractivity (Wildman–Crippen MR) is 218 cm³/mol. The monoisotopic (exact) mass is 795 g/mol. The number of hydrogen-bond acceptors (Lipinski definition) is 14. The highest BCUT2D eigenvalue weighted by Crippen LogP contribution is 2.35. The highest BCUT2D eigenvalue weighted by molar-refractivity contribution is 5.69. The number of phenolic OH excluding ortho intramolecular Hbond substituents is 2. The van der Waals surface area contributed by atoms with Crippen molar-refractivity contribution in [1.29, 1.82) is 0 Å². The van der Waals surface area contributed by atoms with Gasteiger partial charge in [-0.1, -0.05) is 0 Å². The summed E-state index contributed by atoms with van der Waals surface area (Å²) in [7, 11) is 1.56. The molecular weight excluding hydrogens is 743 g/mol. The molecule has 0 bridgehead atoms. The molecule has 2 aliphatic rings. The predicted octanol–water partition coefficient (Wildman–Crippen LogP) is 7.18. The Morgan fingerprint density at radius 3 is 1.64 bits per heavy atom. The van der Waals surface area contributed by atoms with Gasteiger partial charge in [-0.3, -0.25) is 10.1 Å². The molecule has 5 heterocycles. The molecule has 2 fully saturated rings. The van der Waals surface area contributed by atoms with Crippen LogP contribution in [0.3, 0.4) is 0 Å². The molecule has 2 saturated heterocycles. The van der Waals surface area contributed by atoms with Crippen LogP contribution in [0.4, 0.5) is 5.69 Å². The molecule has 16 heteroatoms. The van der Waals surface area contributed by atoms with E-state index in [1.807, 2.05) is 18.2 Å². The van der Waals surface area contributed by atoms with Gasteiger partial charge in [0.25, 0.3) is 0 Å². The molecule has 2 aromatic carbocycles. The second kappa shape index (κ2) is 16.2. The highest BCUT2D eigenvalue weighted by atomic mass is 16.6. The Morgan fingerprint density at radius 1 is 0.707 bits per heavy atom. The molecule has 0 amide bonds. The lowest BCUT2D eigenvalue weighted by Gasteiger charge is -2.46. The summed E-state index contributed by atoms with van der Waals surface area (Å²) in [5.74, 6) is 1.47. The van der Waals surface area contributed by atoms with Crippen molar-refractivity contribution in [1.82, 2.24) is 40.8 Å². The minimum Gasteiger partial charge on any atom is -0.508 e. The minimum absolute atomic E-state index is 0.00236. The minimum atomic E-state index is -0.486. The summed E-state index contributed by atoms with van der Waals surface area (Å²) < 4.78 is 19.2. The lowest BCUT2D eigenvalue weighted by atomic mass is 9.81. The SMILES string of the molecule is CC1(C)CC(Oc2ccc(-c3ccc(O)cc3O)nn2)CC(C)(C)N1.COc1cc(-n2cc([N+](=O)[O-])cn2)ccc1-c1ccc(OC2CC(C)(C)NC(C)(C)C2)nn1. The molecule has 7 rings (SSSR count). The van der Waals surface area contributed by atoms with Gasteiger partial charge in [0.15, 0.2) is 0 Å². The number of methoxy groups -OCH3 is 1. The summed E-state index contributed by atoms with van der Waals surface area (Å²) in [4.78, 5) is 10.4. The first kappa shape index (κ1) is 41.8. The van der Waals surface area contributed by atoms with Crippen LogP contribution < -0.4 is 24.8 Å². The zero-order valence-electron chi connectivity index (χ0n) is 34.5. The summed E-state index contributed by atoms with van der Waals surface area (Å²) in [5, 5.41) is 58.4. The smallest absolute Gasteiger partial charge is 0.307 e. The van der Waals surface area contributed by atoms with Crippen LogP contribution in [0.2, 0.25) is 0 Å². The van der Waals surface area contributed by atoms with Crippen molar-refractivity contribution in [3.8, 4) is 57.2 Å². The molecular formula is C42H53N9O7. The van der Waals surface area contributed by atoms with Gasteiger partial charge in [0.1, 0.15) is 41.9 Å². The zero-order chi connectivity index (χ0) is 42.0. The molecule has 4 N–H and O–H groups in total. The van der Waals surface area contributed by atoms with Gasteiger partial charge in [-0.15, -0.1) is 20.4 Å². The number of nitrogens with zero attached hydrogens (tertiary/aromatic N) is 7. The fraction of sp³-hybridized carbons (Fsp3) is 0.452. The molecule has 2 aliphatic heterocycles. The first-order chi connectivity index (χ1) is 27.2. The van der Waals surface area contributed by atoms with Gasteiger partial charge in [0.05, 0.1) is 29.1 Å². The Bertz CT molecular complexity index is 2190. The lowest BCUT2D eigenvalue weighted by Crippen LogP contribution is -2.60. The summed E-state index contributed by atoms with van der Waals surface area (Å²) in [5.41, 5.74) is 2.90. The standard InChI is InChI=1S/C23H28N6O4.C19H25N3O3/c1-22(2)11-17(12-23(3,4)27-22)33-21-9-8-19(25-26-21)18-7-6-15(10-20(18)32-5)28-14-16(13-24-28)29(30)31;1-18(2)10-13(11-19(3,4)22-18)25-17-8-7-15(20-21-17)14-6-5-12(23)9-16(14)24/h6-10,13-14,17,27H,11-12H2,1-5H3;5-9,13,22-24H,10-11H2,1-4H3. The third kappa shape index (κ3) is 10.5. The Balaban J connectivity index is 0.000000203. The average molecular weight is 796 g/mol. The number of nitrogens with one attached hydrogen (secondary N) is 2. The normalized spacial score (nSPS) is 18.4. The van der Waals surface area contributed by atoms with E-state index in [1.165, 1.54) is 29.2 Å². The summed E-state index contributed by atoms with van der Waals surface area (Å²) >= 11 is 0. The van der Waals surface area contributed by atoms with Crippen molar-refractivity contribution in [3.05, 3.63) is 83.2 Å². The third-order valence-corrected chi connectivity index (χ3v) is 9.92. The van der Waals surface area contributed by atoms with Gasteiger partial charge in [-0.25, -0.2) is 4.68 Å². The Morgan fingerprint density at radius 2 is 1.21 bits per heavy atom. The molecule has 0 radical (unpaired) electrons. The second-order valence-corrected chi connectivity index (χ2v) is 17.6. The van der Waals surface area contributed by atoms with Gasteiger partial charge in [-0.05, 0) is 91.8 Å². The molecule has 0 aliphatic carbocycles. The van der Waals surface area contributed by atoms with E-state index in [-0.39, 0.29) is 51.6 Å². The van der Waals surface area contributed by atoms with Crippen LogP contribution in [0.25, 0.3) is 28.2 Å². The van der Waals surface area contributed by atoms with Crippen LogP contribution >= 0.6 is 0 Å². The van der Waals surface area contributed by atoms with E-state index in [1.54, 1.807) is 37.4 Å². The van der Waals surface area contributed by atoms with E-state index in [4.69, 9.17) is 14.2 Å². The number of piperidine rings is 2. The maximum absolute atomic E-state index is 10.9. The van der Waals surface area contributed by atoms with Crippen molar-refractivity contribution < 1.29 is 29.3 Å². The number of rotatable bonds is 9. The molecule has 0 unspecified atom stereocenters. The number of benzene rings is 2. The zero-order valence-corrected chi connectivity index (χ0v) is 34.5. The van der Waals surface area contributed by atoms with Crippen LogP contribution in [-0.2, 0) is 0 Å². The molecule has 0 saturated carbocycles. The summed E-state index contributed by atoms with van der Waals surface area (Å²) in [6.07, 6.45) is 6.19. The van der Waals surface area contributed by atoms with E-state index in [0.717, 1.165) is 31.2 Å². The van der Waals surface area contributed by atoms with Gasteiger partial charge in [-0.2, -0.15) is 5.10 Å². The average Bonchev–Trinajstić information content (AvgIpc) is 3.61. The van der Waals surface area contributed by atoms with Gasteiger partial charge in [0, 0.05) is 83.2 Å². The number of phenols is 2. The van der Waals surface area contributed by atoms with Crippen LogP contribution in [-0.4, -0.2) is 86.8 Å². The Hall–Kier alpha value is -5.87. The van der Waals surface area contributed by atoms with E-state index >= 15 is 0 Å². The van der Waals surface area contributed by atoms with Crippen molar-refractivity contribution in [3.63, 3.8) is 0 Å². The molecule has 5 aromatic rings. The highest BCUT2D eigenvalue weighted by Gasteiger charge is 2.40. The number of aromatic nitrogens is 6. The molecule has 308 valence electrons. The Labute approximate surface area is 338 Å². The topological polar surface area (TPSA) is 205 Å².